The number of imide groups is 1. The van der Waals surface area contributed by atoms with E-state index in [1.807, 2.05) is 49.6 Å². The van der Waals surface area contributed by atoms with Gasteiger partial charge in [-0.25, -0.2) is 4.90 Å². The molecule has 0 saturated carbocycles. The number of aryl methyl sites for hydroxylation is 2. The second-order valence-corrected chi connectivity index (χ2v) is 8.29. The Labute approximate surface area is 183 Å². The van der Waals surface area contributed by atoms with E-state index in [1.165, 1.54) is 18.4 Å². The number of rotatable bonds is 5. The first-order chi connectivity index (χ1) is 14.4. The lowest BCUT2D eigenvalue weighted by Crippen LogP contribution is -2.32. The van der Waals surface area contributed by atoms with Crippen LogP contribution in [0.25, 0.3) is 5.57 Å². The Morgan fingerprint density at radius 3 is 2.50 bits per heavy atom. The third-order valence-corrected chi connectivity index (χ3v) is 6.08. The molecule has 2 aromatic carbocycles. The number of benzene rings is 2. The van der Waals surface area contributed by atoms with Crippen LogP contribution in [-0.2, 0) is 9.59 Å². The van der Waals surface area contributed by atoms with Crippen molar-refractivity contribution in [2.24, 2.45) is 0 Å². The van der Waals surface area contributed by atoms with Gasteiger partial charge in [-0.05, 0) is 60.7 Å². The van der Waals surface area contributed by atoms with Gasteiger partial charge in [0.1, 0.15) is 11.4 Å². The number of amides is 2. The van der Waals surface area contributed by atoms with Crippen LogP contribution in [0.4, 0.5) is 11.4 Å². The number of nitrogens with zero attached hydrogens (tertiary/aromatic N) is 1. The second kappa shape index (κ2) is 7.97. The predicted molar refractivity (Wildman–Crippen MR) is 121 cm³/mol. The first-order valence-electron chi connectivity index (χ1n) is 9.25. The van der Waals surface area contributed by atoms with E-state index in [0.29, 0.717) is 22.0 Å². The molecule has 30 heavy (non-hydrogen) atoms. The van der Waals surface area contributed by atoms with Gasteiger partial charge in [-0.3, -0.25) is 9.59 Å². The monoisotopic (exact) mass is 438 g/mol. The molecule has 3 aromatic rings. The molecule has 0 fully saturated rings. The fraction of sp³-hybridized carbons (Fsp3) is 0.130. The Morgan fingerprint density at radius 1 is 1.03 bits per heavy atom. The Morgan fingerprint density at radius 2 is 1.83 bits per heavy atom. The molecule has 0 unspecified atom stereocenters. The molecule has 0 radical (unpaired) electrons. The number of methoxy groups -OCH3 is 1. The number of carbonyl (C=O) groups is 2. The number of ether oxygens (including phenoxy) is 1. The summed E-state index contributed by atoms with van der Waals surface area (Å²) in [4.78, 5) is 28.6. The number of nitrogens with one attached hydrogen (secondary N) is 1. The largest absolute Gasteiger partial charge is 0.495 e. The maximum Gasteiger partial charge on any atom is 0.282 e. The van der Waals surface area contributed by atoms with Gasteiger partial charge in [0.2, 0.25) is 0 Å². The molecule has 4 rings (SSSR count). The van der Waals surface area contributed by atoms with Crippen molar-refractivity contribution in [3.05, 3.63) is 80.6 Å². The van der Waals surface area contributed by atoms with Crippen molar-refractivity contribution in [2.45, 2.75) is 13.8 Å². The topological polar surface area (TPSA) is 58.6 Å². The van der Waals surface area contributed by atoms with Gasteiger partial charge >= 0.3 is 0 Å². The van der Waals surface area contributed by atoms with Gasteiger partial charge in [0, 0.05) is 10.6 Å². The molecule has 0 spiro atoms. The van der Waals surface area contributed by atoms with Gasteiger partial charge in [-0.2, -0.15) is 0 Å². The molecule has 5 nitrogen and oxygen atoms in total. The summed E-state index contributed by atoms with van der Waals surface area (Å²) in [6, 6.07) is 14.5. The van der Waals surface area contributed by atoms with Gasteiger partial charge in [0.25, 0.3) is 11.8 Å². The van der Waals surface area contributed by atoms with Crippen LogP contribution in [0.2, 0.25) is 5.02 Å². The SMILES string of the molecule is COc1ccc(N2C(=O)C(Nc3cc(C)ccc3C)=C(c3cccs3)C2=O)cc1Cl. The number of hydrogen-bond acceptors (Lipinski definition) is 5. The fourth-order valence-electron chi connectivity index (χ4n) is 3.33. The maximum absolute atomic E-state index is 13.4. The lowest BCUT2D eigenvalue weighted by atomic mass is 10.1. The number of hydrogen-bond donors (Lipinski definition) is 1. The van der Waals surface area contributed by atoms with Crippen molar-refractivity contribution >= 4 is 51.7 Å². The number of anilines is 2. The average molecular weight is 439 g/mol. The lowest BCUT2D eigenvalue weighted by molar-refractivity contribution is -0.120. The maximum atomic E-state index is 13.4. The minimum atomic E-state index is -0.425. The van der Waals surface area contributed by atoms with Crippen LogP contribution in [0.5, 0.6) is 5.75 Å². The Kier molecular flexibility index (Phi) is 5.37. The Hall–Kier alpha value is -3.09. The van der Waals surface area contributed by atoms with Crippen molar-refractivity contribution < 1.29 is 14.3 Å². The van der Waals surface area contributed by atoms with Crippen LogP contribution < -0.4 is 15.0 Å². The molecule has 0 atom stereocenters. The van der Waals surface area contributed by atoms with E-state index >= 15 is 0 Å². The smallest absolute Gasteiger partial charge is 0.282 e. The number of thiophene rings is 1. The highest BCUT2D eigenvalue weighted by molar-refractivity contribution is 7.11. The van der Waals surface area contributed by atoms with E-state index < -0.39 is 11.8 Å². The third-order valence-electron chi connectivity index (χ3n) is 4.90. The van der Waals surface area contributed by atoms with E-state index in [-0.39, 0.29) is 5.70 Å². The van der Waals surface area contributed by atoms with Gasteiger partial charge < -0.3 is 10.1 Å². The summed E-state index contributed by atoms with van der Waals surface area (Å²) in [5, 5.41) is 5.42. The summed E-state index contributed by atoms with van der Waals surface area (Å²) in [6.45, 7) is 3.93. The zero-order valence-electron chi connectivity index (χ0n) is 16.7. The normalized spacial score (nSPS) is 13.9. The second-order valence-electron chi connectivity index (χ2n) is 6.94. The Bertz CT molecular complexity index is 1190. The van der Waals surface area contributed by atoms with Crippen molar-refractivity contribution in [1.29, 1.82) is 0 Å². The molecule has 1 aromatic heterocycles. The van der Waals surface area contributed by atoms with Gasteiger partial charge in [-0.1, -0.05) is 29.8 Å². The molecule has 7 heteroatoms. The minimum Gasteiger partial charge on any atom is -0.495 e. The highest BCUT2D eigenvalue weighted by Gasteiger charge is 2.41. The van der Waals surface area contributed by atoms with Crippen LogP contribution in [-0.4, -0.2) is 18.9 Å². The lowest BCUT2D eigenvalue weighted by Gasteiger charge is -2.17. The van der Waals surface area contributed by atoms with E-state index in [4.69, 9.17) is 16.3 Å². The van der Waals surface area contributed by atoms with Crippen LogP contribution in [0.1, 0.15) is 16.0 Å². The Balaban J connectivity index is 1.81. The highest BCUT2D eigenvalue weighted by atomic mass is 35.5. The van der Waals surface area contributed by atoms with Crippen LogP contribution >= 0.6 is 22.9 Å². The fourth-order valence-corrected chi connectivity index (χ4v) is 4.35. The van der Waals surface area contributed by atoms with E-state index in [1.54, 1.807) is 18.2 Å². The standard InChI is InChI=1S/C23H19ClN2O3S/c1-13-6-7-14(2)17(11-13)25-21-20(19-5-4-10-30-19)22(27)26(23(21)28)15-8-9-18(29-3)16(24)12-15/h4-12,25H,1-3H3. The number of carbonyl (C=O) groups excluding carboxylic acids is 2. The van der Waals surface area contributed by atoms with Gasteiger partial charge in [-0.15, -0.1) is 11.3 Å². The molecule has 152 valence electrons. The zero-order chi connectivity index (χ0) is 21.4. The van der Waals surface area contributed by atoms with E-state index in [9.17, 15) is 9.59 Å². The van der Waals surface area contributed by atoms with E-state index in [0.717, 1.165) is 26.6 Å². The average Bonchev–Trinajstić information content (AvgIpc) is 3.31. The van der Waals surface area contributed by atoms with Crippen LogP contribution in [0, 0.1) is 13.8 Å². The predicted octanol–water partition coefficient (Wildman–Crippen LogP) is 5.42. The molecular weight excluding hydrogens is 420 g/mol. The molecule has 1 aliphatic rings. The van der Waals surface area contributed by atoms with Crippen molar-refractivity contribution in [2.75, 3.05) is 17.3 Å². The third kappa shape index (κ3) is 3.49. The summed E-state index contributed by atoms with van der Waals surface area (Å²) in [5.74, 6) is -0.346. The van der Waals surface area contributed by atoms with Crippen molar-refractivity contribution in [1.82, 2.24) is 0 Å². The first kappa shape index (κ1) is 20.2. The number of halogens is 1. The molecule has 1 aliphatic heterocycles. The van der Waals surface area contributed by atoms with Crippen molar-refractivity contribution in [3.8, 4) is 5.75 Å². The molecule has 0 saturated heterocycles. The summed E-state index contributed by atoms with van der Waals surface area (Å²) >= 11 is 7.65. The highest BCUT2D eigenvalue weighted by Crippen LogP contribution is 2.38. The molecule has 2 amide bonds. The summed E-state index contributed by atoms with van der Waals surface area (Å²) in [5.41, 5.74) is 3.81. The molecular formula is C23H19ClN2O3S. The summed E-state index contributed by atoms with van der Waals surface area (Å²) < 4.78 is 5.18. The molecule has 2 heterocycles. The van der Waals surface area contributed by atoms with Gasteiger partial charge in [0.05, 0.1) is 23.4 Å². The van der Waals surface area contributed by atoms with E-state index in [2.05, 4.69) is 5.32 Å². The van der Waals surface area contributed by atoms with Gasteiger partial charge in [0.15, 0.2) is 0 Å². The van der Waals surface area contributed by atoms with Crippen LogP contribution in [0.3, 0.4) is 0 Å². The molecule has 0 bridgehead atoms. The van der Waals surface area contributed by atoms with Crippen molar-refractivity contribution in [3.63, 3.8) is 0 Å². The van der Waals surface area contributed by atoms with Crippen LogP contribution in [0.15, 0.2) is 59.6 Å². The zero-order valence-corrected chi connectivity index (χ0v) is 18.2. The summed E-state index contributed by atoms with van der Waals surface area (Å²) in [6.07, 6.45) is 0. The quantitative estimate of drug-likeness (QED) is 0.540. The first-order valence-corrected chi connectivity index (χ1v) is 10.5. The molecule has 0 aliphatic carbocycles. The molecule has 1 N–H and O–H groups in total. The summed E-state index contributed by atoms with van der Waals surface area (Å²) in [7, 11) is 1.51. The minimum absolute atomic E-state index is 0.253.